The lowest BCUT2D eigenvalue weighted by molar-refractivity contribution is -0.118. The Hall–Kier alpha value is -1.92. The normalized spacial score (nSPS) is 18.6. The molecule has 3 rings (SSSR count). The number of nitrogens with zero attached hydrogens (tertiary/aromatic N) is 1. The largest absolute Gasteiger partial charge is 0.482 e. The van der Waals surface area contributed by atoms with Crippen molar-refractivity contribution in [2.24, 2.45) is 0 Å². The first-order valence-corrected chi connectivity index (χ1v) is 7.25. The van der Waals surface area contributed by atoms with E-state index in [4.69, 9.17) is 4.74 Å². The lowest BCUT2D eigenvalue weighted by Crippen LogP contribution is -2.44. The minimum atomic E-state index is -0.187. The Bertz CT molecular complexity index is 553. The van der Waals surface area contributed by atoms with Crippen molar-refractivity contribution in [2.45, 2.75) is 6.42 Å². The summed E-state index contributed by atoms with van der Waals surface area (Å²) in [5, 5.41) is 6.02. The first-order chi connectivity index (χ1) is 10.2. The first-order valence-electron chi connectivity index (χ1n) is 7.25. The van der Waals surface area contributed by atoms with Crippen molar-refractivity contribution in [3.8, 4) is 5.75 Å². The third-order valence-electron chi connectivity index (χ3n) is 3.80. The van der Waals surface area contributed by atoms with Crippen LogP contribution < -0.4 is 15.4 Å². The second-order valence-electron chi connectivity index (χ2n) is 5.31. The van der Waals surface area contributed by atoms with Gasteiger partial charge in [-0.15, -0.1) is 0 Å². The first kappa shape index (κ1) is 14.0. The summed E-state index contributed by atoms with van der Waals surface area (Å²) in [6.07, 6.45) is 0.494. The second-order valence-corrected chi connectivity index (χ2v) is 5.31. The second kappa shape index (κ2) is 6.24. The summed E-state index contributed by atoms with van der Waals surface area (Å²) in [7, 11) is 0. The van der Waals surface area contributed by atoms with Gasteiger partial charge in [-0.3, -0.25) is 9.59 Å². The molecule has 1 amide bonds. The number of anilines is 1. The quantitative estimate of drug-likeness (QED) is 0.790. The Kier molecular flexibility index (Phi) is 4.17. The zero-order chi connectivity index (χ0) is 14.7. The molecule has 1 saturated heterocycles. The molecule has 2 aliphatic heterocycles. The fraction of sp³-hybridized carbons (Fsp3) is 0.467. The number of carbonyl (C=O) groups excluding carboxylic acids is 2. The van der Waals surface area contributed by atoms with Gasteiger partial charge >= 0.3 is 0 Å². The number of hydrogen-bond acceptors (Lipinski definition) is 5. The van der Waals surface area contributed by atoms with E-state index in [1.54, 1.807) is 18.2 Å². The van der Waals surface area contributed by atoms with E-state index in [0.717, 1.165) is 32.7 Å². The van der Waals surface area contributed by atoms with Crippen LogP contribution in [-0.2, 0) is 4.79 Å². The maximum Gasteiger partial charge on any atom is 0.262 e. The van der Waals surface area contributed by atoms with E-state index >= 15 is 0 Å². The number of Topliss-reactive ketones (excluding diaryl/α,β-unsaturated/α-hetero) is 1. The highest BCUT2D eigenvalue weighted by Gasteiger charge is 2.18. The number of piperazine rings is 1. The predicted molar refractivity (Wildman–Crippen MR) is 78.8 cm³/mol. The van der Waals surface area contributed by atoms with Crippen LogP contribution in [0, 0.1) is 0 Å². The summed E-state index contributed by atoms with van der Waals surface area (Å²) in [5.74, 6) is 0.525. The van der Waals surface area contributed by atoms with Crippen molar-refractivity contribution in [3.05, 3.63) is 23.8 Å². The van der Waals surface area contributed by atoms with Crippen molar-refractivity contribution in [2.75, 3.05) is 44.6 Å². The SMILES string of the molecule is O=C1COc2ccc(C(=O)CCN3CCNCC3)cc2N1. The molecule has 0 radical (unpaired) electrons. The Morgan fingerprint density at radius 2 is 2.10 bits per heavy atom. The molecule has 2 N–H and O–H groups in total. The van der Waals surface area contributed by atoms with Gasteiger partial charge < -0.3 is 20.3 Å². The molecule has 0 unspecified atom stereocenters. The average Bonchev–Trinajstić information content (AvgIpc) is 2.53. The molecule has 6 nitrogen and oxygen atoms in total. The standard InChI is InChI=1S/C15H19N3O3/c19-13(3-6-18-7-4-16-5-8-18)11-1-2-14-12(9-11)17-15(20)10-21-14/h1-2,9,16H,3-8,10H2,(H,17,20). The highest BCUT2D eigenvalue weighted by atomic mass is 16.5. The smallest absolute Gasteiger partial charge is 0.262 e. The van der Waals surface area contributed by atoms with Gasteiger partial charge in [-0.25, -0.2) is 0 Å². The number of ether oxygens (including phenoxy) is 1. The lowest BCUT2D eigenvalue weighted by atomic mass is 10.1. The summed E-state index contributed by atoms with van der Waals surface area (Å²) in [6.45, 7) is 4.75. The number of rotatable bonds is 4. The minimum Gasteiger partial charge on any atom is -0.482 e. The number of benzene rings is 1. The van der Waals surface area contributed by atoms with Crippen LogP contribution in [-0.4, -0.2) is 55.9 Å². The molecular formula is C15H19N3O3. The van der Waals surface area contributed by atoms with Gasteiger partial charge in [0, 0.05) is 44.7 Å². The Balaban J connectivity index is 1.61. The summed E-state index contributed by atoms with van der Waals surface area (Å²) in [6, 6.07) is 5.20. The minimum absolute atomic E-state index is 0.0310. The number of amides is 1. The summed E-state index contributed by atoms with van der Waals surface area (Å²) in [5.41, 5.74) is 1.20. The van der Waals surface area contributed by atoms with Crippen molar-refractivity contribution in [1.82, 2.24) is 10.2 Å². The van der Waals surface area contributed by atoms with Crippen LogP contribution in [0.15, 0.2) is 18.2 Å². The van der Waals surface area contributed by atoms with E-state index in [0.29, 0.717) is 23.4 Å². The van der Waals surface area contributed by atoms with E-state index in [1.807, 2.05) is 0 Å². The molecule has 0 atom stereocenters. The van der Waals surface area contributed by atoms with Crippen LogP contribution in [0.4, 0.5) is 5.69 Å². The van der Waals surface area contributed by atoms with Gasteiger partial charge in [-0.2, -0.15) is 0 Å². The van der Waals surface area contributed by atoms with Gasteiger partial charge in [-0.1, -0.05) is 0 Å². The van der Waals surface area contributed by atoms with E-state index in [2.05, 4.69) is 15.5 Å². The monoisotopic (exact) mass is 289 g/mol. The third-order valence-corrected chi connectivity index (χ3v) is 3.80. The van der Waals surface area contributed by atoms with Crippen LogP contribution in [0.2, 0.25) is 0 Å². The van der Waals surface area contributed by atoms with Gasteiger partial charge in [0.1, 0.15) is 5.75 Å². The molecule has 2 aliphatic rings. The average molecular weight is 289 g/mol. The molecule has 21 heavy (non-hydrogen) atoms. The van der Waals surface area contributed by atoms with E-state index in [9.17, 15) is 9.59 Å². The van der Waals surface area contributed by atoms with Crippen molar-refractivity contribution in [1.29, 1.82) is 0 Å². The summed E-state index contributed by atoms with van der Waals surface area (Å²) < 4.78 is 5.29. The number of carbonyl (C=O) groups is 2. The van der Waals surface area contributed by atoms with Gasteiger partial charge in [-0.05, 0) is 18.2 Å². The van der Waals surface area contributed by atoms with Gasteiger partial charge in [0.15, 0.2) is 12.4 Å². The van der Waals surface area contributed by atoms with Gasteiger partial charge in [0.25, 0.3) is 5.91 Å². The molecule has 1 aromatic carbocycles. The lowest BCUT2D eigenvalue weighted by Gasteiger charge is -2.26. The predicted octanol–water partition coefficient (Wildman–Crippen LogP) is 0.496. The third kappa shape index (κ3) is 3.40. The molecule has 0 spiro atoms. The molecule has 0 aromatic heterocycles. The molecule has 0 saturated carbocycles. The molecular weight excluding hydrogens is 270 g/mol. The summed E-state index contributed by atoms with van der Waals surface area (Å²) in [4.78, 5) is 25.9. The van der Waals surface area contributed by atoms with E-state index in [1.165, 1.54) is 0 Å². The van der Waals surface area contributed by atoms with Crippen LogP contribution in [0.5, 0.6) is 5.75 Å². The highest BCUT2D eigenvalue weighted by Crippen LogP contribution is 2.28. The molecule has 112 valence electrons. The summed E-state index contributed by atoms with van der Waals surface area (Å²) >= 11 is 0. The molecule has 2 heterocycles. The molecule has 1 fully saturated rings. The molecule has 0 bridgehead atoms. The van der Waals surface area contributed by atoms with E-state index in [-0.39, 0.29) is 18.3 Å². The molecule has 0 aliphatic carbocycles. The zero-order valence-electron chi connectivity index (χ0n) is 11.9. The van der Waals surface area contributed by atoms with Gasteiger partial charge in [0.2, 0.25) is 0 Å². The maximum absolute atomic E-state index is 12.3. The van der Waals surface area contributed by atoms with Crippen LogP contribution >= 0.6 is 0 Å². The van der Waals surface area contributed by atoms with Crippen molar-refractivity contribution < 1.29 is 14.3 Å². The maximum atomic E-state index is 12.3. The highest BCUT2D eigenvalue weighted by molar-refractivity contribution is 6.00. The Morgan fingerprint density at radius 1 is 1.29 bits per heavy atom. The van der Waals surface area contributed by atoms with Crippen LogP contribution in [0.1, 0.15) is 16.8 Å². The Labute approximate surface area is 123 Å². The Morgan fingerprint density at radius 3 is 2.90 bits per heavy atom. The topological polar surface area (TPSA) is 70.7 Å². The zero-order valence-corrected chi connectivity index (χ0v) is 11.9. The fourth-order valence-corrected chi connectivity index (χ4v) is 2.60. The van der Waals surface area contributed by atoms with Gasteiger partial charge in [0.05, 0.1) is 5.69 Å². The molecule has 6 heteroatoms. The molecule has 1 aromatic rings. The van der Waals surface area contributed by atoms with Crippen molar-refractivity contribution >= 4 is 17.4 Å². The number of hydrogen-bond donors (Lipinski definition) is 2. The van der Waals surface area contributed by atoms with Crippen molar-refractivity contribution in [3.63, 3.8) is 0 Å². The number of ketones is 1. The van der Waals surface area contributed by atoms with Crippen LogP contribution in [0.3, 0.4) is 0 Å². The van der Waals surface area contributed by atoms with E-state index < -0.39 is 0 Å². The number of fused-ring (bicyclic) bond motifs is 1. The fourth-order valence-electron chi connectivity index (χ4n) is 2.60. The van der Waals surface area contributed by atoms with Crippen LogP contribution in [0.25, 0.3) is 0 Å². The number of nitrogens with one attached hydrogen (secondary N) is 2.